The van der Waals surface area contributed by atoms with Crippen LogP contribution in [0.1, 0.15) is 25.7 Å². The van der Waals surface area contributed by atoms with Gasteiger partial charge in [-0.2, -0.15) is 0 Å². The van der Waals surface area contributed by atoms with Crippen LogP contribution in [0.3, 0.4) is 0 Å². The standard InChI is InChI=1S/C10H17NO2/c1-13-9(12)10(4-5-10)8-11-6-2-3-7-11/h2-8H2,1H3. The maximum Gasteiger partial charge on any atom is 0.313 e. The molecule has 0 radical (unpaired) electrons. The summed E-state index contributed by atoms with van der Waals surface area (Å²) in [6.07, 6.45) is 4.63. The van der Waals surface area contributed by atoms with Crippen LogP contribution in [-0.4, -0.2) is 37.6 Å². The highest BCUT2D eigenvalue weighted by atomic mass is 16.5. The maximum absolute atomic E-state index is 11.4. The van der Waals surface area contributed by atoms with Crippen molar-refractivity contribution in [2.45, 2.75) is 25.7 Å². The molecular formula is C10H17NO2. The van der Waals surface area contributed by atoms with E-state index < -0.39 is 0 Å². The van der Waals surface area contributed by atoms with Crippen molar-refractivity contribution in [1.29, 1.82) is 0 Å². The largest absolute Gasteiger partial charge is 0.469 e. The zero-order chi connectivity index (χ0) is 9.31. The van der Waals surface area contributed by atoms with Crippen molar-refractivity contribution in [3.8, 4) is 0 Å². The summed E-state index contributed by atoms with van der Waals surface area (Å²) in [4.78, 5) is 13.8. The quantitative estimate of drug-likeness (QED) is 0.612. The molecule has 2 fully saturated rings. The van der Waals surface area contributed by atoms with Crippen molar-refractivity contribution >= 4 is 5.97 Å². The average molecular weight is 183 g/mol. The number of rotatable bonds is 3. The summed E-state index contributed by atoms with van der Waals surface area (Å²) in [5.41, 5.74) is -0.112. The number of esters is 1. The number of carbonyl (C=O) groups excluding carboxylic acids is 1. The first-order chi connectivity index (χ1) is 6.27. The predicted octanol–water partition coefficient (Wildman–Crippen LogP) is 1.04. The maximum atomic E-state index is 11.4. The molecule has 0 aromatic rings. The van der Waals surface area contributed by atoms with E-state index >= 15 is 0 Å². The lowest BCUT2D eigenvalue weighted by molar-refractivity contribution is -0.147. The van der Waals surface area contributed by atoms with Gasteiger partial charge in [0.05, 0.1) is 12.5 Å². The van der Waals surface area contributed by atoms with Crippen LogP contribution in [0.15, 0.2) is 0 Å². The lowest BCUT2D eigenvalue weighted by Gasteiger charge is -2.20. The second kappa shape index (κ2) is 3.29. The zero-order valence-corrected chi connectivity index (χ0v) is 8.21. The fourth-order valence-electron chi connectivity index (χ4n) is 2.16. The highest BCUT2D eigenvalue weighted by molar-refractivity contribution is 5.80. The molecule has 0 unspecified atom stereocenters. The molecule has 0 N–H and O–H groups in total. The van der Waals surface area contributed by atoms with Gasteiger partial charge < -0.3 is 9.64 Å². The van der Waals surface area contributed by atoms with E-state index in [4.69, 9.17) is 4.74 Å². The van der Waals surface area contributed by atoms with E-state index in [9.17, 15) is 4.79 Å². The Balaban J connectivity index is 1.89. The third-order valence-corrected chi connectivity index (χ3v) is 3.20. The minimum Gasteiger partial charge on any atom is -0.469 e. The first-order valence-electron chi connectivity index (χ1n) is 5.08. The van der Waals surface area contributed by atoms with E-state index in [2.05, 4.69) is 4.90 Å². The Morgan fingerprint density at radius 3 is 2.46 bits per heavy atom. The summed E-state index contributed by atoms with van der Waals surface area (Å²) >= 11 is 0. The molecule has 1 heterocycles. The average Bonchev–Trinajstić information content (AvgIpc) is 2.73. The third kappa shape index (κ3) is 1.70. The van der Waals surface area contributed by atoms with Gasteiger partial charge in [-0.3, -0.25) is 4.79 Å². The van der Waals surface area contributed by atoms with Gasteiger partial charge in [-0.1, -0.05) is 0 Å². The van der Waals surface area contributed by atoms with Crippen LogP contribution in [-0.2, 0) is 9.53 Å². The van der Waals surface area contributed by atoms with E-state index in [1.165, 1.54) is 33.0 Å². The van der Waals surface area contributed by atoms with E-state index in [1.807, 2.05) is 0 Å². The second-order valence-electron chi connectivity index (χ2n) is 4.26. The third-order valence-electron chi connectivity index (χ3n) is 3.20. The minimum absolute atomic E-state index is 0.000556. The van der Waals surface area contributed by atoms with E-state index in [0.29, 0.717) is 0 Å². The lowest BCUT2D eigenvalue weighted by atomic mass is 10.1. The Kier molecular flexibility index (Phi) is 2.28. The summed E-state index contributed by atoms with van der Waals surface area (Å²) in [5.74, 6) is -0.000556. The number of hydrogen-bond donors (Lipinski definition) is 0. The van der Waals surface area contributed by atoms with Crippen molar-refractivity contribution in [1.82, 2.24) is 4.90 Å². The highest BCUT2D eigenvalue weighted by Crippen LogP contribution is 2.47. The Labute approximate surface area is 79.0 Å². The molecule has 3 heteroatoms. The molecule has 0 aromatic carbocycles. The van der Waals surface area contributed by atoms with Gasteiger partial charge in [-0.05, 0) is 38.8 Å². The van der Waals surface area contributed by atoms with Crippen molar-refractivity contribution < 1.29 is 9.53 Å². The van der Waals surface area contributed by atoms with Crippen LogP contribution in [0, 0.1) is 5.41 Å². The van der Waals surface area contributed by atoms with Gasteiger partial charge in [0.15, 0.2) is 0 Å². The molecule has 1 saturated carbocycles. The Bertz CT molecular complexity index is 205. The molecule has 2 aliphatic rings. The molecule has 0 atom stereocenters. The number of nitrogens with zero attached hydrogens (tertiary/aromatic N) is 1. The number of likely N-dealkylation sites (tertiary alicyclic amines) is 1. The van der Waals surface area contributed by atoms with Crippen molar-refractivity contribution in [2.75, 3.05) is 26.7 Å². The smallest absolute Gasteiger partial charge is 0.313 e. The van der Waals surface area contributed by atoms with Gasteiger partial charge in [0.25, 0.3) is 0 Å². The fourth-order valence-corrected chi connectivity index (χ4v) is 2.16. The van der Waals surface area contributed by atoms with Crippen molar-refractivity contribution in [3.63, 3.8) is 0 Å². The molecule has 2 rings (SSSR count). The van der Waals surface area contributed by atoms with Crippen molar-refractivity contribution in [2.24, 2.45) is 5.41 Å². The highest BCUT2D eigenvalue weighted by Gasteiger charge is 2.52. The first kappa shape index (κ1) is 9.00. The fraction of sp³-hybridized carbons (Fsp3) is 0.900. The SMILES string of the molecule is COC(=O)C1(CN2CCCC2)CC1. The molecule has 0 spiro atoms. The van der Waals surface area contributed by atoms with Crippen LogP contribution in [0.5, 0.6) is 0 Å². The predicted molar refractivity (Wildman–Crippen MR) is 49.4 cm³/mol. The van der Waals surface area contributed by atoms with E-state index in [1.54, 1.807) is 0 Å². The summed E-state index contributed by atoms with van der Waals surface area (Å²) in [7, 11) is 1.49. The van der Waals surface area contributed by atoms with Crippen LogP contribution < -0.4 is 0 Å². The number of carbonyl (C=O) groups is 1. The van der Waals surface area contributed by atoms with Crippen molar-refractivity contribution in [3.05, 3.63) is 0 Å². The van der Waals surface area contributed by atoms with Gasteiger partial charge >= 0.3 is 5.97 Å². The molecular weight excluding hydrogens is 166 g/mol. The Morgan fingerprint density at radius 1 is 1.38 bits per heavy atom. The molecule has 1 aliphatic heterocycles. The van der Waals surface area contributed by atoms with Gasteiger partial charge in [-0.15, -0.1) is 0 Å². The van der Waals surface area contributed by atoms with E-state index in [0.717, 1.165) is 19.4 Å². The zero-order valence-electron chi connectivity index (χ0n) is 8.21. The first-order valence-corrected chi connectivity index (χ1v) is 5.08. The Morgan fingerprint density at radius 2 is 2.00 bits per heavy atom. The summed E-state index contributed by atoms with van der Waals surface area (Å²) in [5, 5.41) is 0. The molecule has 3 nitrogen and oxygen atoms in total. The minimum atomic E-state index is -0.112. The summed E-state index contributed by atoms with van der Waals surface area (Å²) in [6, 6.07) is 0. The monoisotopic (exact) mass is 183 g/mol. The van der Waals surface area contributed by atoms with E-state index in [-0.39, 0.29) is 11.4 Å². The van der Waals surface area contributed by atoms with Crippen LogP contribution >= 0.6 is 0 Å². The number of ether oxygens (including phenoxy) is 1. The van der Waals surface area contributed by atoms with Crippen LogP contribution in [0.25, 0.3) is 0 Å². The molecule has 74 valence electrons. The summed E-state index contributed by atoms with van der Waals surface area (Å²) < 4.78 is 4.82. The number of methoxy groups -OCH3 is 1. The molecule has 0 amide bonds. The summed E-state index contributed by atoms with van der Waals surface area (Å²) in [6.45, 7) is 3.26. The molecule has 13 heavy (non-hydrogen) atoms. The normalized spacial score (nSPS) is 25.9. The topological polar surface area (TPSA) is 29.5 Å². The van der Waals surface area contributed by atoms with Gasteiger partial charge in [0.1, 0.15) is 0 Å². The second-order valence-corrected chi connectivity index (χ2v) is 4.26. The molecule has 1 saturated heterocycles. The van der Waals surface area contributed by atoms with Gasteiger partial charge in [0, 0.05) is 6.54 Å². The van der Waals surface area contributed by atoms with Crippen LogP contribution in [0.2, 0.25) is 0 Å². The molecule has 0 bridgehead atoms. The molecule has 1 aliphatic carbocycles. The lowest BCUT2D eigenvalue weighted by Crippen LogP contribution is -2.33. The van der Waals surface area contributed by atoms with Crippen LogP contribution in [0.4, 0.5) is 0 Å². The molecule has 0 aromatic heterocycles. The Hall–Kier alpha value is -0.570. The number of hydrogen-bond acceptors (Lipinski definition) is 3. The van der Waals surface area contributed by atoms with Gasteiger partial charge in [0.2, 0.25) is 0 Å². The van der Waals surface area contributed by atoms with Gasteiger partial charge in [-0.25, -0.2) is 0 Å².